The van der Waals surface area contributed by atoms with Crippen molar-refractivity contribution in [2.75, 3.05) is 13.2 Å². The number of hydrogen-bond donors (Lipinski definition) is 2. The molecule has 0 saturated heterocycles. The van der Waals surface area contributed by atoms with Gasteiger partial charge in [0, 0.05) is 19.3 Å². The van der Waals surface area contributed by atoms with E-state index >= 15 is 0 Å². The van der Waals surface area contributed by atoms with Crippen molar-refractivity contribution in [3.63, 3.8) is 0 Å². The summed E-state index contributed by atoms with van der Waals surface area (Å²) in [7, 11) is -4.76. The first-order valence-corrected chi connectivity index (χ1v) is 20.6. The maximum atomic E-state index is 12.3. The Kier molecular flexibility index (Phi) is 32.4. The van der Waals surface area contributed by atoms with E-state index in [4.69, 9.17) is 19.3 Å². The number of phosphoric acid groups is 1. The minimum absolute atomic E-state index is 0.174. The Balaban J connectivity index is 4.02. The van der Waals surface area contributed by atoms with E-state index in [9.17, 15) is 18.9 Å². The van der Waals surface area contributed by atoms with Crippen LogP contribution in [0.4, 0.5) is 0 Å². The lowest BCUT2D eigenvalue weighted by Crippen LogP contribution is -2.29. The van der Waals surface area contributed by atoms with Crippen LogP contribution in [0.1, 0.15) is 181 Å². The largest absolute Gasteiger partial charge is 0.469 e. The SMILES string of the molecule is CCCCCCCCCCCCCCCCC(=O)O[C@H](COC(=O)CCCCCCC/C=C\C=C\C(=O)CCCCC)COP(=O)(O)O. The van der Waals surface area contributed by atoms with Crippen LogP contribution in [0, 0.1) is 0 Å². The lowest BCUT2D eigenvalue weighted by atomic mass is 10.0. The summed E-state index contributed by atoms with van der Waals surface area (Å²) in [5.41, 5.74) is 0. The van der Waals surface area contributed by atoms with Gasteiger partial charge in [0.2, 0.25) is 0 Å². The molecule has 0 amide bonds. The second-order valence-corrected chi connectivity index (χ2v) is 14.2. The summed E-state index contributed by atoms with van der Waals surface area (Å²) in [6, 6.07) is 0. The zero-order valence-corrected chi connectivity index (χ0v) is 31.3. The molecular formula is C38H69O9P. The van der Waals surface area contributed by atoms with Crippen LogP contribution in [0.3, 0.4) is 0 Å². The average molecular weight is 701 g/mol. The van der Waals surface area contributed by atoms with Gasteiger partial charge in [-0.2, -0.15) is 0 Å². The molecule has 2 N–H and O–H groups in total. The number of ketones is 1. The zero-order valence-electron chi connectivity index (χ0n) is 30.4. The van der Waals surface area contributed by atoms with E-state index in [1.54, 1.807) is 6.08 Å². The van der Waals surface area contributed by atoms with Gasteiger partial charge in [0.25, 0.3) is 0 Å². The van der Waals surface area contributed by atoms with Gasteiger partial charge in [0.1, 0.15) is 6.61 Å². The van der Waals surface area contributed by atoms with E-state index in [1.165, 1.54) is 64.2 Å². The van der Waals surface area contributed by atoms with Gasteiger partial charge in [0.15, 0.2) is 11.9 Å². The number of carbonyl (C=O) groups is 3. The fourth-order valence-corrected chi connectivity index (χ4v) is 5.66. The standard InChI is InChI=1S/C38H69O9P/c1-3-5-7-8-9-10-11-12-13-14-17-21-24-28-32-38(41)47-36(34-46-48(42,43)44)33-45-37(40)31-27-23-20-18-15-16-19-22-26-30-35(39)29-25-6-4-2/h19,22,26,30,36H,3-18,20-21,23-25,27-29,31-34H2,1-2H3,(H2,42,43,44)/b22-19-,30-26+/t36-/m1/s1. The number of esters is 2. The molecule has 0 aromatic carbocycles. The second kappa shape index (κ2) is 33.7. The molecule has 0 aliphatic rings. The molecule has 0 aromatic heterocycles. The minimum atomic E-state index is -4.76. The summed E-state index contributed by atoms with van der Waals surface area (Å²) < 4.78 is 26.3. The van der Waals surface area contributed by atoms with Crippen molar-refractivity contribution in [1.29, 1.82) is 0 Å². The van der Waals surface area contributed by atoms with E-state index in [1.807, 2.05) is 12.2 Å². The normalized spacial score (nSPS) is 12.6. The van der Waals surface area contributed by atoms with Crippen molar-refractivity contribution in [2.45, 2.75) is 187 Å². The number of phosphoric ester groups is 1. The first-order chi connectivity index (χ1) is 23.2. The Morgan fingerprint density at radius 3 is 1.58 bits per heavy atom. The molecule has 0 unspecified atom stereocenters. The molecular weight excluding hydrogens is 631 g/mol. The molecule has 280 valence electrons. The van der Waals surface area contributed by atoms with Gasteiger partial charge < -0.3 is 19.3 Å². The number of hydrogen-bond acceptors (Lipinski definition) is 7. The Labute approximate surface area is 292 Å². The predicted octanol–water partition coefficient (Wildman–Crippen LogP) is 10.4. The first-order valence-electron chi connectivity index (χ1n) is 19.1. The van der Waals surface area contributed by atoms with Crippen LogP contribution < -0.4 is 0 Å². The Morgan fingerprint density at radius 1 is 0.583 bits per heavy atom. The van der Waals surface area contributed by atoms with Gasteiger partial charge in [-0.25, -0.2) is 4.57 Å². The Bertz CT molecular complexity index is 897. The molecule has 1 atom stereocenters. The molecule has 0 bridgehead atoms. The number of allylic oxidation sites excluding steroid dienone is 4. The highest BCUT2D eigenvalue weighted by atomic mass is 31.2. The van der Waals surface area contributed by atoms with Crippen molar-refractivity contribution in [3.05, 3.63) is 24.3 Å². The summed E-state index contributed by atoms with van der Waals surface area (Å²) in [4.78, 5) is 54.4. The lowest BCUT2D eigenvalue weighted by molar-refractivity contribution is -0.161. The Morgan fingerprint density at radius 2 is 1.04 bits per heavy atom. The molecule has 0 aliphatic heterocycles. The topological polar surface area (TPSA) is 136 Å². The fourth-order valence-electron chi connectivity index (χ4n) is 5.30. The van der Waals surface area contributed by atoms with Gasteiger partial charge in [-0.15, -0.1) is 0 Å². The summed E-state index contributed by atoms with van der Waals surface area (Å²) in [5.74, 6) is -0.766. The van der Waals surface area contributed by atoms with Crippen molar-refractivity contribution < 1.29 is 42.7 Å². The van der Waals surface area contributed by atoms with Crippen molar-refractivity contribution in [3.8, 4) is 0 Å². The van der Waals surface area contributed by atoms with Crippen molar-refractivity contribution in [2.24, 2.45) is 0 Å². The van der Waals surface area contributed by atoms with Crippen LogP contribution in [0.25, 0.3) is 0 Å². The van der Waals surface area contributed by atoms with E-state index in [-0.39, 0.29) is 25.2 Å². The number of unbranched alkanes of at least 4 members (excludes halogenated alkanes) is 20. The van der Waals surface area contributed by atoms with Gasteiger partial charge in [-0.1, -0.05) is 148 Å². The smallest absolute Gasteiger partial charge is 0.462 e. The number of carbonyl (C=O) groups excluding carboxylic acids is 3. The molecule has 9 nitrogen and oxygen atoms in total. The minimum Gasteiger partial charge on any atom is -0.462 e. The highest BCUT2D eigenvalue weighted by Gasteiger charge is 2.22. The Hall–Kier alpha value is -1.80. The number of rotatable bonds is 35. The monoisotopic (exact) mass is 700 g/mol. The molecule has 0 spiro atoms. The van der Waals surface area contributed by atoms with E-state index in [2.05, 4.69) is 24.4 Å². The highest BCUT2D eigenvalue weighted by Crippen LogP contribution is 2.36. The van der Waals surface area contributed by atoms with Gasteiger partial charge in [-0.05, 0) is 38.2 Å². The molecule has 10 heteroatoms. The molecule has 0 aliphatic carbocycles. The first kappa shape index (κ1) is 46.2. The third-order valence-electron chi connectivity index (χ3n) is 8.20. The zero-order chi connectivity index (χ0) is 35.6. The molecule has 0 rings (SSSR count). The van der Waals surface area contributed by atoms with Gasteiger partial charge in [0.05, 0.1) is 6.61 Å². The van der Waals surface area contributed by atoms with Crippen LogP contribution in [0.5, 0.6) is 0 Å². The van der Waals surface area contributed by atoms with E-state index in [0.29, 0.717) is 19.3 Å². The molecule has 0 fully saturated rings. The van der Waals surface area contributed by atoms with Gasteiger partial charge >= 0.3 is 19.8 Å². The predicted molar refractivity (Wildman–Crippen MR) is 194 cm³/mol. The maximum Gasteiger partial charge on any atom is 0.469 e. The van der Waals surface area contributed by atoms with Gasteiger partial charge in [-0.3, -0.25) is 18.9 Å². The third kappa shape index (κ3) is 35.5. The van der Waals surface area contributed by atoms with Crippen molar-refractivity contribution >= 4 is 25.5 Å². The fraction of sp³-hybridized carbons (Fsp3) is 0.816. The maximum absolute atomic E-state index is 12.3. The van der Waals surface area contributed by atoms with Crippen LogP contribution in [-0.4, -0.2) is 46.8 Å². The quantitative estimate of drug-likeness (QED) is 0.0217. The molecule has 0 heterocycles. The highest BCUT2D eigenvalue weighted by molar-refractivity contribution is 7.46. The van der Waals surface area contributed by atoms with Crippen LogP contribution in [0.2, 0.25) is 0 Å². The average Bonchev–Trinajstić information content (AvgIpc) is 3.04. The van der Waals surface area contributed by atoms with Crippen LogP contribution in [-0.2, 0) is 32.9 Å². The number of ether oxygens (including phenoxy) is 2. The van der Waals surface area contributed by atoms with Crippen LogP contribution in [0.15, 0.2) is 24.3 Å². The molecule has 0 radical (unpaired) electrons. The second-order valence-electron chi connectivity index (χ2n) is 12.9. The molecule has 0 aromatic rings. The summed E-state index contributed by atoms with van der Waals surface area (Å²) in [5, 5.41) is 0. The van der Waals surface area contributed by atoms with Crippen LogP contribution >= 0.6 is 7.82 Å². The van der Waals surface area contributed by atoms with E-state index < -0.39 is 32.5 Å². The summed E-state index contributed by atoms with van der Waals surface area (Å²) >= 11 is 0. The summed E-state index contributed by atoms with van der Waals surface area (Å²) in [6.45, 7) is 3.50. The van der Waals surface area contributed by atoms with Crippen molar-refractivity contribution in [1.82, 2.24) is 0 Å². The molecule has 48 heavy (non-hydrogen) atoms. The summed E-state index contributed by atoms with van der Waals surface area (Å²) in [6.07, 6.45) is 33.1. The van der Waals surface area contributed by atoms with E-state index in [0.717, 1.165) is 70.6 Å². The lowest BCUT2D eigenvalue weighted by Gasteiger charge is -2.18. The third-order valence-corrected chi connectivity index (χ3v) is 8.68. The molecule has 0 saturated carbocycles.